The second kappa shape index (κ2) is 6.90. The summed E-state index contributed by atoms with van der Waals surface area (Å²) in [7, 11) is 0. The van der Waals surface area contributed by atoms with Gasteiger partial charge in [-0.15, -0.1) is 11.3 Å². The monoisotopic (exact) mass is 385 g/mol. The van der Waals surface area contributed by atoms with Gasteiger partial charge in [0.15, 0.2) is 4.96 Å². The zero-order chi connectivity index (χ0) is 18.1. The molecule has 0 saturated carbocycles. The van der Waals surface area contributed by atoms with Crippen LogP contribution in [0.3, 0.4) is 0 Å². The molecule has 4 nitrogen and oxygen atoms in total. The molecule has 1 amide bonds. The lowest BCUT2D eigenvalue weighted by Crippen LogP contribution is -2.16. The normalized spacial score (nSPS) is 11.0. The molecule has 130 valence electrons. The topological polar surface area (TPSA) is 46.4 Å². The smallest absolute Gasteiger partial charge is 0.228 e. The Bertz CT molecular complexity index is 1060. The SMILES string of the molecule is O=C(Cc1c(F)cccc1Cl)Nc1ccccc1-c1cn2ccsc2n1. The first-order valence-electron chi connectivity index (χ1n) is 7.86. The largest absolute Gasteiger partial charge is 0.325 e. The van der Waals surface area contributed by atoms with E-state index in [1.165, 1.54) is 23.5 Å². The summed E-state index contributed by atoms with van der Waals surface area (Å²) >= 11 is 7.54. The van der Waals surface area contributed by atoms with Gasteiger partial charge in [0.1, 0.15) is 5.82 Å². The number of carbonyl (C=O) groups is 1. The van der Waals surface area contributed by atoms with Crippen LogP contribution in [0.15, 0.2) is 60.2 Å². The highest BCUT2D eigenvalue weighted by Gasteiger charge is 2.15. The number of benzene rings is 2. The van der Waals surface area contributed by atoms with Crippen LogP contribution in [-0.2, 0) is 11.2 Å². The number of halogens is 2. The molecule has 0 radical (unpaired) electrons. The Morgan fingerprint density at radius 3 is 2.88 bits per heavy atom. The molecule has 26 heavy (non-hydrogen) atoms. The van der Waals surface area contributed by atoms with Crippen LogP contribution in [-0.4, -0.2) is 15.3 Å². The average Bonchev–Trinajstić information content (AvgIpc) is 3.21. The predicted molar refractivity (Wildman–Crippen MR) is 102 cm³/mol. The van der Waals surface area contributed by atoms with Crippen molar-refractivity contribution in [2.24, 2.45) is 0 Å². The van der Waals surface area contributed by atoms with E-state index >= 15 is 0 Å². The van der Waals surface area contributed by atoms with Crippen LogP contribution in [0.1, 0.15) is 5.56 Å². The maximum atomic E-state index is 13.9. The minimum Gasteiger partial charge on any atom is -0.325 e. The number of fused-ring (bicyclic) bond motifs is 1. The summed E-state index contributed by atoms with van der Waals surface area (Å²) in [6.07, 6.45) is 3.69. The van der Waals surface area contributed by atoms with Crippen molar-refractivity contribution in [1.82, 2.24) is 9.38 Å². The first-order chi connectivity index (χ1) is 12.6. The number of imidazole rings is 1. The van der Waals surface area contributed by atoms with Crippen molar-refractivity contribution in [3.63, 3.8) is 0 Å². The van der Waals surface area contributed by atoms with Crippen LogP contribution < -0.4 is 5.32 Å². The maximum Gasteiger partial charge on any atom is 0.228 e. The maximum absolute atomic E-state index is 13.9. The van der Waals surface area contributed by atoms with E-state index in [0.29, 0.717) is 5.69 Å². The molecule has 0 saturated heterocycles. The van der Waals surface area contributed by atoms with Crippen molar-refractivity contribution in [1.29, 1.82) is 0 Å². The van der Waals surface area contributed by atoms with Crippen molar-refractivity contribution < 1.29 is 9.18 Å². The fourth-order valence-electron chi connectivity index (χ4n) is 2.73. The van der Waals surface area contributed by atoms with Gasteiger partial charge in [0, 0.05) is 33.9 Å². The fraction of sp³-hybridized carbons (Fsp3) is 0.0526. The Labute approximate surface area is 157 Å². The zero-order valence-corrected chi connectivity index (χ0v) is 15.0. The Kier molecular flexibility index (Phi) is 4.44. The van der Waals surface area contributed by atoms with Crippen LogP contribution >= 0.6 is 22.9 Å². The number of hydrogen-bond donors (Lipinski definition) is 1. The summed E-state index contributed by atoms with van der Waals surface area (Å²) in [6.45, 7) is 0. The van der Waals surface area contributed by atoms with Gasteiger partial charge in [-0.1, -0.05) is 35.9 Å². The minimum absolute atomic E-state index is 0.141. The second-order valence-corrected chi connectivity index (χ2v) is 6.97. The van der Waals surface area contributed by atoms with Crippen molar-refractivity contribution >= 4 is 39.5 Å². The van der Waals surface area contributed by atoms with Crippen molar-refractivity contribution in [2.45, 2.75) is 6.42 Å². The number of nitrogens with zero attached hydrogens (tertiary/aromatic N) is 2. The minimum atomic E-state index is -0.490. The molecule has 0 atom stereocenters. The molecule has 0 spiro atoms. The van der Waals surface area contributed by atoms with Gasteiger partial charge in [0.05, 0.1) is 17.8 Å². The van der Waals surface area contributed by atoms with E-state index in [1.54, 1.807) is 12.1 Å². The van der Waals surface area contributed by atoms with Crippen LogP contribution in [0.25, 0.3) is 16.2 Å². The zero-order valence-electron chi connectivity index (χ0n) is 13.4. The highest BCUT2D eigenvalue weighted by Crippen LogP contribution is 2.29. The van der Waals surface area contributed by atoms with Crippen molar-refractivity contribution in [3.05, 3.63) is 76.6 Å². The molecular formula is C19H13ClFN3OS. The molecule has 4 aromatic rings. The summed E-state index contributed by atoms with van der Waals surface area (Å²) in [5.74, 6) is -0.833. The van der Waals surface area contributed by atoms with Crippen molar-refractivity contribution in [3.8, 4) is 11.3 Å². The molecule has 2 heterocycles. The van der Waals surface area contributed by atoms with Gasteiger partial charge in [-0.05, 0) is 18.2 Å². The molecular weight excluding hydrogens is 373 g/mol. The average molecular weight is 386 g/mol. The number of anilines is 1. The van der Waals surface area contributed by atoms with Crippen LogP contribution in [0.5, 0.6) is 0 Å². The molecule has 0 aliphatic rings. The Balaban J connectivity index is 1.61. The number of amides is 1. The second-order valence-electron chi connectivity index (χ2n) is 5.69. The lowest BCUT2D eigenvalue weighted by atomic mass is 10.1. The molecule has 4 rings (SSSR count). The van der Waals surface area contributed by atoms with Gasteiger partial charge in [-0.2, -0.15) is 0 Å². The molecule has 7 heteroatoms. The predicted octanol–water partition coefficient (Wildman–Crippen LogP) is 5.04. The van der Waals surface area contributed by atoms with Crippen LogP contribution in [0.4, 0.5) is 10.1 Å². The summed E-state index contributed by atoms with van der Waals surface area (Å²) < 4.78 is 15.8. The lowest BCUT2D eigenvalue weighted by Gasteiger charge is -2.10. The first-order valence-corrected chi connectivity index (χ1v) is 9.12. The number of thiazole rings is 1. The van der Waals surface area contributed by atoms with Gasteiger partial charge in [0.2, 0.25) is 5.91 Å². The molecule has 2 aromatic carbocycles. The summed E-state index contributed by atoms with van der Waals surface area (Å²) in [6, 6.07) is 11.8. The molecule has 0 aliphatic carbocycles. The van der Waals surface area contributed by atoms with E-state index in [0.717, 1.165) is 16.2 Å². The van der Waals surface area contributed by atoms with E-state index in [4.69, 9.17) is 11.6 Å². The number of para-hydroxylation sites is 1. The number of aromatic nitrogens is 2. The first kappa shape index (κ1) is 16.8. The Hall–Kier alpha value is -2.70. The molecule has 0 fully saturated rings. The third-order valence-electron chi connectivity index (χ3n) is 3.97. The lowest BCUT2D eigenvalue weighted by molar-refractivity contribution is -0.115. The number of rotatable bonds is 4. The highest BCUT2D eigenvalue weighted by atomic mass is 35.5. The van der Waals surface area contributed by atoms with Gasteiger partial charge < -0.3 is 5.32 Å². The summed E-state index contributed by atoms with van der Waals surface area (Å²) in [4.78, 5) is 17.9. The van der Waals surface area contributed by atoms with Gasteiger partial charge in [0.25, 0.3) is 0 Å². The van der Waals surface area contributed by atoms with E-state index in [2.05, 4.69) is 10.3 Å². The van der Waals surface area contributed by atoms with E-state index < -0.39 is 5.82 Å². The highest BCUT2D eigenvalue weighted by molar-refractivity contribution is 7.15. The quantitative estimate of drug-likeness (QED) is 0.535. The fourth-order valence-corrected chi connectivity index (χ4v) is 3.66. The van der Waals surface area contributed by atoms with Gasteiger partial charge >= 0.3 is 0 Å². The molecule has 1 N–H and O–H groups in total. The molecule has 0 bridgehead atoms. The van der Waals surface area contributed by atoms with Crippen LogP contribution in [0.2, 0.25) is 5.02 Å². The number of carbonyl (C=O) groups excluding carboxylic acids is 1. The molecule has 0 unspecified atom stereocenters. The standard InChI is InChI=1S/C19H13ClFN3OS/c20-14-5-3-6-15(21)13(14)10-18(25)22-16-7-2-1-4-12(16)17-11-24-8-9-26-19(24)23-17/h1-9,11H,10H2,(H,22,25). The third-order valence-corrected chi connectivity index (χ3v) is 5.09. The molecule has 0 aliphatic heterocycles. The molecule has 2 aromatic heterocycles. The summed E-state index contributed by atoms with van der Waals surface area (Å²) in [5, 5.41) is 5.03. The van der Waals surface area contributed by atoms with Crippen molar-refractivity contribution in [2.75, 3.05) is 5.32 Å². The van der Waals surface area contributed by atoms with Gasteiger partial charge in [-0.25, -0.2) is 9.37 Å². The van der Waals surface area contributed by atoms with Crippen LogP contribution in [0, 0.1) is 5.82 Å². The van der Waals surface area contributed by atoms with E-state index in [1.807, 2.05) is 40.4 Å². The summed E-state index contributed by atoms with van der Waals surface area (Å²) in [5.41, 5.74) is 2.37. The third kappa shape index (κ3) is 3.21. The van der Waals surface area contributed by atoms with Gasteiger partial charge in [-0.3, -0.25) is 9.20 Å². The van der Waals surface area contributed by atoms with E-state index in [-0.39, 0.29) is 22.9 Å². The Morgan fingerprint density at radius 1 is 1.23 bits per heavy atom. The number of hydrogen-bond acceptors (Lipinski definition) is 3. The van der Waals surface area contributed by atoms with E-state index in [9.17, 15) is 9.18 Å². The Morgan fingerprint density at radius 2 is 2.08 bits per heavy atom. The number of nitrogens with one attached hydrogen (secondary N) is 1.